The van der Waals surface area contributed by atoms with Crippen molar-refractivity contribution < 1.29 is 9.53 Å². The number of rotatable bonds is 6. The summed E-state index contributed by atoms with van der Waals surface area (Å²) in [6.07, 6.45) is 4.95. The Balaban J connectivity index is 2.29. The standard InChI is InChI=1S/C17H32O2/c1-13(2)8-10-19-11-9-14-12-15(17(3,4)5)6-7-16(14)18/h13-15H,6-12H2,1-5H3. The fraction of sp³-hybridized carbons (Fsp3) is 0.941. The summed E-state index contributed by atoms with van der Waals surface area (Å²) >= 11 is 0. The van der Waals surface area contributed by atoms with Crippen molar-refractivity contribution in [2.75, 3.05) is 13.2 Å². The van der Waals surface area contributed by atoms with Gasteiger partial charge >= 0.3 is 0 Å². The van der Waals surface area contributed by atoms with Gasteiger partial charge in [0.15, 0.2) is 0 Å². The van der Waals surface area contributed by atoms with Gasteiger partial charge in [-0.2, -0.15) is 0 Å². The van der Waals surface area contributed by atoms with Crippen molar-refractivity contribution in [3.63, 3.8) is 0 Å². The van der Waals surface area contributed by atoms with Crippen molar-refractivity contribution in [1.29, 1.82) is 0 Å². The third-order valence-corrected chi connectivity index (χ3v) is 4.44. The number of carbonyl (C=O) groups excluding carboxylic acids is 1. The van der Waals surface area contributed by atoms with E-state index in [0.29, 0.717) is 23.0 Å². The van der Waals surface area contributed by atoms with E-state index in [1.165, 1.54) is 0 Å². The minimum absolute atomic E-state index is 0.247. The zero-order valence-corrected chi connectivity index (χ0v) is 13.5. The summed E-state index contributed by atoms with van der Waals surface area (Å²) in [5.41, 5.74) is 0.331. The second kappa shape index (κ2) is 7.42. The first-order chi connectivity index (χ1) is 8.80. The molecule has 0 heterocycles. The van der Waals surface area contributed by atoms with E-state index in [4.69, 9.17) is 4.74 Å². The summed E-state index contributed by atoms with van der Waals surface area (Å²) in [6, 6.07) is 0. The SMILES string of the molecule is CC(C)CCOCCC1CC(C(C)(C)C)CCC1=O. The maximum absolute atomic E-state index is 12.0. The number of hydrogen-bond donors (Lipinski definition) is 0. The van der Waals surface area contributed by atoms with Crippen molar-refractivity contribution >= 4 is 5.78 Å². The van der Waals surface area contributed by atoms with E-state index >= 15 is 0 Å². The minimum atomic E-state index is 0.247. The molecule has 0 aliphatic heterocycles. The average Bonchev–Trinajstić information content (AvgIpc) is 2.29. The molecule has 0 radical (unpaired) electrons. The van der Waals surface area contributed by atoms with Gasteiger partial charge in [-0.1, -0.05) is 34.6 Å². The summed E-state index contributed by atoms with van der Waals surface area (Å²) < 4.78 is 5.66. The van der Waals surface area contributed by atoms with Crippen LogP contribution in [0.2, 0.25) is 0 Å². The van der Waals surface area contributed by atoms with Crippen LogP contribution in [0.5, 0.6) is 0 Å². The van der Waals surface area contributed by atoms with E-state index in [0.717, 1.165) is 45.3 Å². The number of carbonyl (C=O) groups is 1. The molecular formula is C17H32O2. The van der Waals surface area contributed by atoms with Gasteiger partial charge in [0.05, 0.1) is 0 Å². The predicted molar refractivity (Wildman–Crippen MR) is 80.2 cm³/mol. The lowest BCUT2D eigenvalue weighted by Gasteiger charge is -2.37. The van der Waals surface area contributed by atoms with E-state index in [9.17, 15) is 4.79 Å². The first-order valence-electron chi connectivity index (χ1n) is 7.91. The second-order valence-corrected chi connectivity index (χ2v) is 7.58. The van der Waals surface area contributed by atoms with Gasteiger partial charge in [-0.05, 0) is 42.9 Å². The highest BCUT2D eigenvalue weighted by Crippen LogP contribution is 2.39. The molecule has 2 atom stereocenters. The topological polar surface area (TPSA) is 26.3 Å². The highest BCUT2D eigenvalue weighted by molar-refractivity contribution is 5.81. The first kappa shape index (κ1) is 16.7. The zero-order valence-electron chi connectivity index (χ0n) is 13.5. The number of hydrogen-bond acceptors (Lipinski definition) is 2. The summed E-state index contributed by atoms with van der Waals surface area (Å²) in [7, 11) is 0. The van der Waals surface area contributed by atoms with Gasteiger partial charge in [0, 0.05) is 25.6 Å². The molecule has 0 saturated heterocycles. The Morgan fingerprint density at radius 3 is 2.53 bits per heavy atom. The number of Topliss-reactive ketones (excluding diaryl/α,β-unsaturated/α-hetero) is 1. The van der Waals surface area contributed by atoms with Crippen molar-refractivity contribution in [3.05, 3.63) is 0 Å². The van der Waals surface area contributed by atoms with Crippen LogP contribution in [-0.2, 0) is 9.53 Å². The Bertz CT molecular complexity index is 275. The summed E-state index contributed by atoms with van der Waals surface area (Å²) in [4.78, 5) is 12.0. The fourth-order valence-corrected chi connectivity index (χ4v) is 2.83. The predicted octanol–water partition coefficient (Wildman–Crippen LogP) is 4.47. The Kier molecular flexibility index (Phi) is 6.52. The van der Waals surface area contributed by atoms with Gasteiger partial charge in [0.25, 0.3) is 0 Å². The monoisotopic (exact) mass is 268 g/mol. The van der Waals surface area contributed by atoms with Crippen LogP contribution in [0.1, 0.15) is 66.7 Å². The Morgan fingerprint density at radius 2 is 1.95 bits per heavy atom. The molecule has 1 aliphatic rings. The molecule has 0 N–H and O–H groups in total. The van der Waals surface area contributed by atoms with Crippen molar-refractivity contribution in [3.8, 4) is 0 Å². The van der Waals surface area contributed by atoms with Gasteiger partial charge in [-0.15, -0.1) is 0 Å². The summed E-state index contributed by atoms with van der Waals surface area (Å²) in [5, 5.41) is 0. The molecule has 0 amide bonds. The summed E-state index contributed by atoms with van der Waals surface area (Å²) in [6.45, 7) is 12.9. The molecule has 1 rings (SSSR count). The van der Waals surface area contributed by atoms with E-state index in [2.05, 4.69) is 34.6 Å². The van der Waals surface area contributed by atoms with Gasteiger partial charge in [0.2, 0.25) is 0 Å². The van der Waals surface area contributed by atoms with E-state index in [1.807, 2.05) is 0 Å². The highest BCUT2D eigenvalue weighted by Gasteiger charge is 2.34. The molecule has 19 heavy (non-hydrogen) atoms. The van der Waals surface area contributed by atoms with Crippen LogP contribution < -0.4 is 0 Å². The largest absolute Gasteiger partial charge is 0.381 e. The molecule has 0 bridgehead atoms. The van der Waals surface area contributed by atoms with Crippen LogP contribution in [0.15, 0.2) is 0 Å². The lowest BCUT2D eigenvalue weighted by atomic mass is 9.68. The lowest BCUT2D eigenvalue weighted by Crippen LogP contribution is -2.32. The van der Waals surface area contributed by atoms with Crippen LogP contribution in [0.25, 0.3) is 0 Å². The third kappa shape index (κ3) is 6.07. The molecule has 0 spiro atoms. The summed E-state index contributed by atoms with van der Waals surface area (Å²) in [5.74, 6) is 2.09. The van der Waals surface area contributed by atoms with E-state index in [1.54, 1.807) is 0 Å². The van der Waals surface area contributed by atoms with E-state index < -0.39 is 0 Å². The van der Waals surface area contributed by atoms with Crippen LogP contribution >= 0.6 is 0 Å². The molecule has 1 aliphatic carbocycles. The molecule has 1 saturated carbocycles. The molecule has 2 unspecified atom stereocenters. The van der Waals surface area contributed by atoms with E-state index in [-0.39, 0.29) is 5.92 Å². The quantitative estimate of drug-likeness (QED) is 0.664. The molecule has 0 aromatic rings. The Hall–Kier alpha value is -0.370. The molecule has 2 nitrogen and oxygen atoms in total. The third-order valence-electron chi connectivity index (χ3n) is 4.44. The number of ketones is 1. The van der Waals surface area contributed by atoms with Crippen LogP contribution in [0, 0.1) is 23.2 Å². The Morgan fingerprint density at radius 1 is 1.26 bits per heavy atom. The fourth-order valence-electron chi connectivity index (χ4n) is 2.83. The average molecular weight is 268 g/mol. The van der Waals surface area contributed by atoms with Crippen molar-refractivity contribution in [1.82, 2.24) is 0 Å². The highest BCUT2D eigenvalue weighted by atomic mass is 16.5. The molecule has 1 fully saturated rings. The van der Waals surface area contributed by atoms with Crippen molar-refractivity contribution in [2.24, 2.45) is 23.2 Å². The first-order valence-corrected chi connectivity index (χ1v) is 7.91. The molecule has 112 valence electrons. The van der Waals surface area contributed by atoms with Gasteiger partial charge in [0.1, 0.15) is 5.78 Å². The van der Waals surface area contributed by atoms with Crippen LogP contribution in [0.4, 0.5) is 0 Å². The maximum Gasteiger partial charge on any atom is 0.136 e. The molecule has 2 heteroatoms. The Labute approximate surface area is 119 Å². The number of ether oxygens (including phenoxy) is 1. The van der Waals surface area contributed by atoms with Crippen molar-refractivity contribution in [2.45, 2.75) is 66.7 Å². The molecule has 0 aromatic heterocycles. The second-order valence-electron chi connectivity index (χ2n) is 7.58. The maximum atomic E-state index is 12.0. The minimum Gasteiger partial charge on any atom is -0.381 e. The lowest BCUT2D eigenvalue weighted by molar-refractivity contribution is -0.127. The molecule has 0 aromatic carbocycles. The van der Waals surface area contributed by atoms with Gasteiger partial charge < -0.3 is 4.74 Å². The zero-order chi connectivity index (χ0) is 14.5. The van der Waals surface area contributed by atoms with Gasteiger partial charge in [-0.3, -0.25) is 4.79 Å². The molecular weight excluding hydrogens is 236 g/mol. The van der Waals surface area contributed by atoms with Gasteiger partial charge in [-0.25, -0.2) is 0 Å². The normalized spacial score (nSPS) is 25.1. The smallest absolute Gasteiger partial charge is 0.136 e. The van der Waals surface area contributed by atoms with Crippen LogP contribution in [-0.4, -0.2) is 19.0 Å². The van der Waals surface area contributed by atoms with Crippen LogP contribution in [0.3, 0.4) is 0 Å².